The second kappa shape index (κ2) is 7.33. The van der Waals surface area contributed by atoms with Crippen molar-refractivity contribution in [1.29, 1.82) is 0 Å². The van der Waals surface area contributed by atoms with E-state index in [-0.39, 0.29) is 11.5 Å². The molecule has 0 aliphatic carbocycles. The van der Waals surface area contributed by atoms with Crippen molar-refractivity contribution < 1.29 is 4.79 Å². The number of aromatic amines is 1. The zero-order valence-electron chi connectivity index (χ0n) is 14.9. The molecule has 0 unspecified atom stereocenters. The van der Waals surface area contributed by atoms with Gasteiger partial charge in [0.05, 0.1) is 5.56 Å². The fourth-order valence-electron chi connectivity index (χ4n) is 2.85. The van der Waals surface area contributed by atoms with Gasteiger partial charge in [-0.3, -0.25) is 9.59 Å². The van der Waals surface area contributed by atoms with Crippen LogP contribution in [0, 0.1) is 0 Å². The molecular weight excluding hydrogens is 394 g/mol. The van der Waals surface area contributed by atoms with Gasteiger partial charge in [-0.1, -0.05) is 28.1 Å². The van der Waals surface area contributed by atoms with Crippen molar-refractivity contribution >= 4 is 38.4 Å². The molecule has 1 aromatic heterocycles. The summed E-state index contributed by atoms with van der Waals surface area (Å²) in [6.45, 7) is 0.467. The molecule has 3 aromatic rings. The molecule has 0 saturated carbocycles. The van der Waals surface area contributed by atoms with Crippen LogP contribution in [0.3, 0.4) is 0 Å². The van der Waals surface area contributed by atoms with Crippen LogP contribution in [0.25, 0.3) is 10.9 Å². The van der Waals surface area contributed by atoms with Crippen LogP contribution in [0.5, 0.6) is 0 Å². The first-order valence-electron chi connectivity index (χ1n) is 8.19. The van der Waals surface area contributed by atoms with Crippen LogP contribution in [0.2, 0.25) is 0 Å². The van der Waals surface area contributed by atoms with Crippen molar-refractivity contribution in [3.05, 3.63) is 74.5 Å². The van der Waals surface area contributed by atoms with Gasteiger partial charge in [0, 0.05) is 54.8 Å². The van der Waals surface area contributed by atoms with Gasteiger partial charge in [0.15, 0.2) is 0 Å². The van der Waals surface area contributed by atoms with Gasteiger partial charge in [-0.05, 0) is 35.9 Å². The molecule has 6 heteroatoms. The second-order valence-corrected chi connectivity index (χ2v) is 7.37. The van der Waals surface area contributed by atoms with Crippen LogP contribution >= 0.6 is 15.9 Å². The number of anilines is 1. The minimum Gasteiger partial charge on any atom is -0.378 e. The predicted molar refractivity (Wildman–Crippen MR) is 109 cm³/mol. The summed E-state index contributed by atoms with van der Waals surface area (Å²) in [6, 6.07) is 14.9. The molecule has 0 saturated heterocycles. The van der Waals surface area contributed by atoms with Crippen molar-refractivity contribution in [2.45, 2.75) is 6.54 Å². The van der Waals surface area contributed by atoms with Gasteiger partial charge in [-0.2, -0.15) is 0 Å². The third-order valence-corrected chi connectivity index (χ3v) is 4.75. The highest BCUT2D eigenvalue weighted by Gasteiger charge is 2.16. The van der Waals surface area contributed by atoms with Crippen LogP contribution in [0.4, 0.5) is 5.69 Å². The molecule has 0 atom stereocenters. The number of pyridine rings is 1. The molecule has 1 amide bonds. The highest BCUT2D eigenvalue weighted by atomic mass is 79.9. The van der Waals surface area contributed by atoms with Crippen molar-refractivity contribution in [3.8, 4) is 0 Å². The van der Waals surface area contributed by atoms with Gasteiger partial charge >= 0.3 is 0 Å². The smallest absolute Gasteiger partial charge is 0.254 e. The standard InChI is InChI=1S/C20H20BrN3O2/c1-23(2)15-7-4-13(5-8-15)12-24(3)20(26)17-11-19(25)22-18-9-6-14(21)10-16(17)18/h4-11H,12H2,1-3H3,(H,22,25). The Hall–Kier alpha value is -2.60. The summed E-state index contributed by atoms with van der Waals surface area (Å²) in [7, 11) is 5.72. The molecule has 134 valence electrons. The molecular formula is C20H20BrN3O2. The lowest BCUT2D eigenvalue weighted by molar-refractivity contribution is 0.0787. The molecule has 26 heavy (non-hydrogen) atoms. The Morgan fingerprint density at radius 1 is 1.04 bits per heavy atom. The van der Waals surface area contributed by atoms with Gasteiger partial charge in [0.1, 0.15) is 0 Å². The van der Waals surface area contributed by atoms with E-state index in [2.05, 4.69) is 20.9 Å². The molecule has 0 fully saturated rings. The summed E-state index contributed by atoms with van der Waals surface area (Å²) in [4.78, 5) is 31.3. The number of benzene rings is 2. The first-order valence-corrected chi connectivity index (χ1v) is 8.99. The van der Waals surface area contributed by atoms with E-state index in [4.69, 9.17) is 0 Å². The number of nitrogens with one attached hydrogen (secondary N) is 1. The number of hydrogen-bond acceptors (Lipinski definition) is 3. The Morgan fingerprint density at radius 2 is 1.73 bits per heavy atom. The largest absolute Gasteiger partial charge is 0.378 e. The summed E-state index contributed by atoms with van der Waals surface area (Å²) in [5, 5.41) is 0.721. The number of carbonyl (C=O) groups is 1. The summed E-state index contributed by atoms with van der Waals surface area (Å²) in [6.07, 6.45) is 0. The van der Waals surface area contributed by atoms with Gasteiger partial charge < -0.3 is 14.8 Å². The fourth-order valence-corrected chi connectivity index (χ4v) is 3.21. The molecule has 1 heterocycles. The Morgan fingerprint density at radius 3 is 2.38 bits per heavy atom. The molecule has 0 aliphatic rings. The van der Waals surface area contributed by atoms with E-state index in [9.17, 15) is 9.59 Å². The first kappa shape index (κ1) is 18.2. The average Bonchev–Trinajstić information content (AvgIpc) is 2.61. The van der Waals surface area contributed by atoms with Crippen LogP contribution in [-0.2, 0) is 6.54 Å². The molecule has 0 aliphatic heterocycles. The minimum absolute atomic E-state index is 0.184. The van der Waals surface area contributed by atoms with Gasteiger partial charge in [0.25, 0.3) is 5.91 Å². The number of nitrogens with zero attached hydrogens (tertiary/aromatic N) is 2. The monoisotopic (exact) mass is 413 g/mol. The molecule has 1 N–H and O–H groups in total. The number of rotatable bonds is 4. The SMILES string of the molecule is CN(Cc1ccc(N(C)C)cc1)C(=O)c1cc(=O)[nH]c2ccc(Br)cc12. The summed E-state index contributed by atoms with van der Waals surface area (Å²) in [5.74, 6) is -0.184. The van der Waals surface area contributed by atoms with Crippen LogP contribution in [0.1, 0.15) is 15.9 Å². The van der Waals surface area contributed by atoms with Crippen LogP contribution < -0.4 is 10.5 Å². The third kappa shape index (κ3) is 3.80. The van der Waals surface area contributed by atoms with E-state index in [1.54, 1.807) is 18.0 Å². The normalized spacial score (nSPS) is 10.8. The minimum atomic E-state index is -0.285. The lowest BCUT2D eigenvalue weighted by Crippen LogP contribution is -2.27. The van der Waals surface area contributed by atoms with Crippen molar-refractivity contribution in [1.82, 2.24) is 9.88 Å². The number of aromatic nitrogens is 1. The topological polar surface area (TPSA) is 56.4 Å². The van der Waals surface area contributed by atoms with Crippen molar-refractivity contribution in [2.24, 2.45) is 0 Å². The number of H-pyrrole nitrogens is 1. The average molecular weight is 414 g/mol. The lowest BCUT2D eigenvalue weighted by Gasteiger charge is -2.19. The van der Waals surface area contributed by atoms with Crippen molar-refractivity contribution in [2.75, 3.05) is 26.0 Å². The number of halogens is 1. The van der Waals surface area contributed by atoms with Crippen molar-refractivity contribution in [3.63, 3.8) is 0 Å². The summed E-state index contributed by atoms with van der Waals surface area (Å²) >= 11 is 3.42. The van der Waals surface area contributed by atoms with Gasteiger partial charge in [-0.25, -0.2) is 0 Å². The third-order valence-electron chi connectivity index (χ3n) is 4.25. The van der Waals surface area contributed by atoms with E-state index in [0.29, 0.717) is 17.6 Å². The molecule has 3 rings (SSSR count). The van der Waals surface area contributed by atoms with E-state index in [1.165, 1.54) is 6.07 Å². The number of amides is 1. The number of carbonyl (C=O) groups excluding carboxylic acids is 1. The van der Waals surface area contributed by atoms with Crippen LogP contribution in [-0.4, -0.2) is 36.9 Å². The maximum atomic E-state index is 13.0. The van der Waals surface area contributed by atoms with E-state index in [1.807, 2.05) is 55.4 Å². The van der Waals surface area contributed by atoms with E-state index < -0.39 is 0 Å². The van der Waals surface area contributed by atoms with Gasteiger partial charge in [-0.15, -0.1) is 0 Å². The summed E-state index contributed by atoms with van der Waals surface area (Å²) in [5.41, 5.74) is 2.90. The van der Waals surface area contributed by atoms with E-state index >= 15 is 0 Å². The number of hydrogen-bond donors (Lipinski definition) is 1. The lowest BCUT2D eigenvalue weighted by atomic mass is 10.1. The maximum Gasteiger partial charge on any atom is 0.254 e. The molecule has 0 bridgehead atoms. The molecule has 0 radical (unpaired) electrons. The van der Waals surface area contributed by atoms with Gasteiger partial charge in [0.2, 0.25) is 5.56 Å². The fraction of sp³-hybridized carbons (Fsp3) is 0.200. The zero-order valence-corrected chi connectivity index (χ0v) is 16.5. The maximum absolute atomic E-state index is 13.0. The predicted octanol–water partition coefficient (Wildman–Crippen LogP) is 3.63. The highest BCUT2D eigenvalue weighted by molar-refractivity contribution is 9.10. The Labute approximate surface area is 160 Å². The second-order valence-electron chi connectivity index (χ2n) is 6.46. The number of fused-ring (bicyclic) bond motifs is 1. The Bertz CT molecular complexity index is 1010. The molecule has 2 aromatic carbocycles. The van der Waals surface area contributed by atoms with E-state index in [0.717, 1.165) is 21.1 Å². The Balaban J connectivity index is 1.90. The summed E-state index contributed by atoms with van der Waals surface area (Å²) < 4.78 is 0.855. The van der Waals surface area contributed by atoms with Crippen LogP contribution in [0.15, 0.2) is 57.8 Å². The Kier molecular flexibility index (Phi) is 5.13. The highest BCUT2D eigenvalue weighted by Crippen LogP contribution is 2.22. The molecule has 0 spiro atoms. The zero-order chi connectivity index (χ0) is 18.8. The molecule has 5 nitrogen and oxygen atoms in total. The first-order chi connectivity index (χ1) is 12.3. The quantitative estimate of drug-likeness (QED) is 0.710.